The van der Waals surface area contributed by atoms with E-state index in [1.807, 2.05) is 12.1 Å². The molecule has 0 aliphatic carbocycles. The largest absolute Gasteiger partial charge is 0.469 e. The van der Waals surface area contributed by atoms with Crippen molar-refractivity contribution in [2.75, 3.05) is 20.2 Å². The predicted molar refractivity (Wildman–Crippen MR) is 62.3 cm³/mol. The number of hydrogen-bond donors (Lipinski definition) is 1. The molecule has 2 atom stereocenters. The zero-order valence-corrected chi connectivity index (χ0v) is 9.69. The number of aryl methyl sites for hydroxylation is 1. The van der Waals surface area contributed by atoms with Crippen molar-refractivity contribution in [3.63, 3.8) is 0 Å². The van der Waals surface area contributed by atoms with Crippen molar-refractivity contribution in [2.24, 2.45) is 5.92 Å². The Kier molecular flexibility index (Phi) is 3.25. The molecule has 0 saturated carbocycles. The van der Waals surface area contributed by atoms with Crippen molar-refractivity contribution in [2.45, 2.75) is 12.8 Å². The molecule has 86 valence electrons. The molecule has 0 bridgehead atoms. The molecular weight excluding hydrogens is 202 g/mol. The number of nitrogens with one attached hydrogen (secondary N) is 1. The molecule has 0 aromatic heterocycles. The maximum Gasteiger partial charge on any atom is 0.310 e. The minimum absolute atomic E-state index is 0.0499. The molecule has 3 nitrogen and oxygen atoms in total. The lowest BCUT2D eigenvalue weighted by Gasteiger charge is -2.18. The second-order valence-electron chi connectivity index (χ2n) is 4.25. The number of rotatable bonds is 2. The highest BCUT2D eigenvalue weighted by Gasteiger charge is 2.35. The average Bonchev–Trinajstić information content (AvgIpc) is 2.77. The van der Waals surface area contributed by atoms with Gasteiger partial charge in [-0.05, 0) is 18.1 Å². The van der Waals surface area contributed by atoms with Crippen LogP contribution in [-0.4, -0.2) is 26.2 Å². The van der Waals surface area contributed by atoms with E-state index in [9.17, 15) is 4.79 Å². The summed E-state index contributed by atoms with van der Waals surface area (Å²) in [5, 5.41) is 3.26. The van der Waals surface area contributed by atoms with Gasteiger partial charge in [-0.1, -0.05) is 24.3 Å². The number of benzene rings is 1. The first-order valence-electron chi connectivity index (χ1n) is 5.58. The van der Waals surface area contributed by atoms with Crippen LogP contribution < -0.4 is 5.32 Å². The SMILES string of the molecule is COC(=O)[C@@H]1CNC[C@H]1c1ccccc1C. The van der Waals surface area contributed by atoms with Gasteiger partial charge in [0, 0.05) is 19.0 Å². The number of esters is 1. The minimum Gasteiger partial charge on any atom is -0.469 e. The fourth-order valence-electron chi connectivity index (χ4n) is 2.41. The number of carbonyl (C=O) groups is 1. The first-order chi connectivity index (χ1) is 7.74. The highest BCUT2D eigenvalue weighted by atomic mass is 16.5. The Bertz CT molecular complexity index is 389. The Morgan fingerprint density at radius 1 is 1.38 bits per heavy atom. The van der Waals surface area contributed by atoms with Crippen LogP contribution in [0.5, 0.6) is 0 Å². The van der Waals surface area contributed by atoms with Gasteiger partial charge < -0.3 is 10.1 Å². The Labute approximate surface area is 95.8 Å². The average molecular weight is 219 g/mol. The Morgan fingerprint density at radius 3 is 2.81 bits per heavy atom. The summed E-state index contributed by atoms with van der Waals surface area (Å²) in [7, 11) is 1.45. The highest BCUT2D eigenvalue weighted by Crippen LogP contribution is 2.30. The zero-order chi connectivity index (χ0) is 11.5. The maximum atomic E-state index is 11.6. The molecule has 1 fully saturated rings. The molecule has 1 aromatic carbocycles. The third kappa shape index (κ3) is 1.95. The first-order valence-corrected chi connectivity index (χ1v) is 5.58. The van der Waals surface area contributed by atoms with E-state index in [4.69, 9.17) is 4.74 Å². The van der Waals surface area contributed by atoms with Crippen LogP contribution in [0.1, 0.15) is 17.0 Å². The molecule has 0 radical (unpaired) electrons. The Morgan fingerprint density at radius 2 is 2.12 bits per heavy atom. The fourth-order valence-corrected chi connectivity index (χ4v) is 2.41. The number of hydrogen-bond acceptors (Lipinski definition) is 3. The molecule has 1 aromatic rings. The van der Waals surface area contributed by atoms with Crippen LogP contribution in [0.25, 0.3) is 0 Å². The van der Waals surface area contributed by atoms with E-state index in [0.717, 1.165) is 6.54 Å². The van der Waals surface area contributed by atoms with Gasteiger partial charge in [-0.15, -0.1) is 0 Å². The van der Waals surface area contributed by atoms with E-state index >= 15 is 0 Å². The van der Waals surface area contributed by atoms with E-state index in [1.54, 1.807) is 0 Å². The fraction of sp³-hybridized carbons (Fsp3) is 0.462. The van der Waals surface area contributed by atoms with Gasteiger partial charge in [0.25, 0.3) is 0 Å². The van der Waals surface area contributed by atoms with Gasteiger partial charge in [0.1, 0.15) is 0 Å². The molecule has 0 unspecified atom stereocenters. The van der Waals surface area contributed by atoms with Crippen LogP contribution in [-0.2, 0) is 9.53 Å². The van der Waals surface area contributed by atoms with Crippen molar-refractivity contribution >= 4 is 5.97 Å². The second kappa shape index (κ2) is 4.66. The van der Waals surface area contributed by atoms with Gasteiger partial charge >= 0.3 is 5.97 Å². The molecule has 1 aliphatic heterocycles. The van der Waals surface area contributed by atoms with E-state index in [2.05, 4.69) is 24.4 Å². The van der Waals surface area contributed by atoms with Crippen molar-refractivity contribution in [3.8, 4) is 0 Å². The first kappa shape index (κ1) is 11.1. The highest BCUT2D eigenvalue weighted by molar-refractivity contribution is 5.74. The summed E-state index contributed by atoms with van der Waals surface area (Å²) in [5.41, 5.74) is 2.49. The summed E-state index contributed by atoms with van der Waals surface area (Å²) in [6.07, 6.45) is 0. The predicted octanol–water partition coefficient (Wildman–Crippen LogP) is 1.47. The molecule has 16 heavy (non-hydrogen) atoms. The molecule has 3 heteroatoms. The van der Waals surface area contributed by atoms with Crippen molar-refractivity contribution < 1.29 is 9.53 Å². The van der Waals surface area contributed by atoms with Crippen molar-refractivity contribution in [3.05, 3.63) is 35.4 Å². The molecule has 1 aliphatic rings. The van der Waals surface area contributed by atoms with Crippen molar-refractivity contribution in [1.29, 1.82) is 0 Å². The Hall–Kier alpha value is -1.35. The van der Waals surface area contributed by atoms with E-state index in [0.29, 0.717) is 6.54 Å². The summed E-state index contributed by atoms with van der Waals surface area (Å²) in [5.74, 6) is 0.0815. The normalized spacial score (nSPS) is 24.4. The smallest absolute Gasteiger partial charge is 0.310 e. The van der Waals surface area contributed by atoms with Crippen LogP contribution >= 0.6 is 0 Å². The monoisotopic (exact) mass is 219 g/mol. The second-order valence-corrected chi connectivity index (χ2v) is 4.25. The molecule has 1 heterocycles. The lowest BCUT2D eigenvalue weighted by atomic mass is 9.86. The summed E-state index contributed by atoms with van der Waals surface area (Å²) >= 11 is 0. The van der Waals surface area contributed by atoms with Crippen LogP contribution in [0.15, 0.2) is 24.3 Å². The van der Waals surface area contributed by atoms with Crippen LogP contribution in [0.2, 0.25) is 0 Å². The van der Waals surface area contributed by atoms with Gasteiger partial charge in [0.05, 0.1) is 13.0 Å². The standard InChI is InChI=1S/C13H17NO2/c1-9-5-3-4-6-10(9)11-7-14-8-12(11)13(15)16-2/h3-6,11-12,14H,7-8H2,1-2H3/t11-,12+/m0/s1. The lowest BCUT2D eigenvalue weighted by molar-refractivity contribution is -0.145. The van der Waals surface area contributed by atoms with Gasteiger partial charge in [0.2, 0.25) is 0 Å². The van der Waals surface area contributed by atoms with Gasteiger partial charge in [-0.25, -0.2) is 0 Å². The van der Waals surface area contributed by atoms with E-state index in [1.165, 1.54) is 18.2 Å². The number of carbonyl (C=O) groups excluding carboxylic acids is 1. The summed E-state index contributed by atoms with van der Waals surface area (Å²) < 4.78 is 4.85. The van der Waals surface area contributed by atoms with Gasteiger partial charge in [-0.3, -0.25) is 4.79 Å². The molecular formula is C13H17NO2. The lowest BCUT2D eigenvalue weighted by Crippen LogP contribution is -2.23. The van der Waals surface area contributed by atoms with Crippen LogP contribution in [0.4, 0.5) is 0 Å². The molecule has 1 saturated heterocycles. The molecule has 2 rings (SSSR count). The van der Waals surface area contributed by atoms with Crippen LogP contribution in [0, 0.1) is 12.8 Å². The molecule has 0 spiro atoms. The van der Waals surface area contributed by atoms with E-state index < -0.39 is 0 Å². The maximum absolute atomic E-state index is 11.6. The third-order valence-electron chi connectivity index (χ3n) is 3.31. The van der Waals surface area contributed by atoms with Crippen LogP contribution in [0.3, 0.4) is 0 Å². The molecule has 1 N–H and O–H groups in total. The number of methoxy groups -OCH3 is 1. The zero-order valence-electron chi connectivity index (χ0n) is 9.69. The Balaban J connectivity index is 2.27. The van der Waals surface area contributed by atoms with Gasteiger partial charge in [-0.2, -0.15) is 0 Å². The summed E-state index contributed by atoms with van der Waals surface area (Å²) in [6, 6.07) is 8.23. The summed E-state index contributed by atoms with van der Waals surface area (Å²) in [4.78, 5) is 11.6. The third-order valence-corrected chi connectivity index (χ3v) is 3.31. The van der Waals surface area contributed by atoms with Crippen molar-refractivity contribution in [1.82, 2.24) is 5.32 Å². The summed E-state index contributed by atoms with van der Waals surface area (Å²) in [6.45, 7) is 3.65. The minimum atomic E-state index is -0.113. The molecule has 0 amide bonds. The quantitative estimate of drug-likeness (QED) is 0.765. The van der Waals surface area contributed by atoms with E-state index in [-0.39, 0.29) is 17.8 Å². The topological polar surface area (TPSA) is 38.3 Å². The van der Waals surface area contributed by atoms with Gasteiger partial charge in [0.15, 0.2) is 0 Å². The number of ether oxygens (including phenoxy) is 1.